The Bertz CT molecular complexity index is 465. The molecule has 0 radical (unpaired) electrons. The largest absolute Gasteiger partial charge is 0.373 e. The van der Waals surface area contributed by atoms with Gasteiger partial charge < -0.3 is 9.72 Å². The van der Waals surface area contributed by atoms with Crippen molar-refractivity contribution in [3.63, 3.8) is 0 Å². The molecule has 5 heteroatoms. The Morgan fingerprint density at radius 1 is 1.56 bits per heavy atom. The highest BCUT2D eigenvalue weighted by Crippen LogP contribution is 2.32. The number of H-pyrrole nitrogens is 1. The van der Waals surface area contributed by atoms with Crippen molar-refractivity contribution in [1.29, 1.82) is 5.26 Å². The second-order valence-electron chi connectivity index (χ2n) is 4.60. The van der Waals surface area contributed by atoms with E-state index in [1.54, 1.807) is 13.2 Å². The zero-order valence-electron chi connectivity index (χ0n) is 9.87. The van der Waals surface area contributed by atoms with Gasteiger partial charge in [0.05, 0.1) is 6.20 Å². The van der Waals surface area contributed by atoms with Gasteiger partial charge in [-0.25, -0.2) is 4.98 Å². The van der Waals surface area contributed by atoms with Crippen LogP contribution >= 0.6 is 0 Å². The molecule has 0 aliphatic carbocycles. The van der Waals surface area contributed by atoms with Gasteiger partial charge in [-0.05, 0) is 5.41 Å². The van der Waals surface area contributed by atoms with E-state index in [2.05, 4.69) is 9.97 Å². The third-order valence-corrected chi connectivity index (χ3v) is 2.21. The van der Waals surface area contributed by atoms with Crippen LogP contribution in [0.5, 0.6) is 0 Å². The zero-order chi connectivity index (χ0) is 12.3. The van der Waals surface area contributed by atoms with E-state index in [0.29, 0.717) is 5.82 Å². The number of aromatic nitrogens is 2. The van der Waals surface area contributed by atoms with Gasteiger partial charge in [0.15, 0.2) is 0 Å². The summed E-state index contributed by atoms with van der Waals surface area (Å²) in [4.78, 5) is 18.1. The first-order valence-corrected chi connectivity index (χ1v) is 4.92. The minimum absolute atomic E-state index is 0.00696. The highest BCUT2D eigenvalue weighted by atomic mass is 16.5. The van der Waals surface area contributed by atoms with Crippen molar-refractivity contribution in [2.75, 3.05) is 7.11 Å². The van der Waals surface area contributed by atoms with Crippen LogP contribution in [0.1, 0.15) is 38.3 Å². The van der Waals surface area contributed by atoms with Crippen LogP contribution in [0.25, 0.3) is 0 Å². The summed E-state index contributed by atoms with van der Waals surface area (Å²) in [7, 11) is 1.56. The van der Waals surface area contributed by atoms with Gasteiger partial charge in [0, 0.05) is 7.11 Å². The molecule has 16 heavy (non-hydrogen) atoms. The van der Waals surface area contributed by atoms with Crippen LogP contribution in [0.3, 0.4) is 0 Å². The molecule has 0 fully saturated rings. The highest BCUT2D eigenvalue weighted by molar-refractivity contribution is 5.22. The predicted molar refractivity (Wildman–Crippen MR) is 58.8 cm³/mol. The van der Waals surface area contributed by atoms with E-state index in [0.717, 1.165) is 0 Å². The fourth-order valence-electron chi connectivity index (χ4n) is 1.50. The van der Waals surface area contributed by atoms with Crippen molar-refractivity contribution in [1.82, 2.24) is 9.97 Å². The third-order valence-electron chi connectivity index (χ3n) is 2.21. The van der Waals surface area contributed by atoms with Crippen molar-refractivity contribution >= 4 is 0 Å². The van der Waals surface area contributed by atoms with E-state index in [9.17, 15) is 4.79 Å². The standard InChI is InChI=1S/C11H15N3O2/c1-11(2,3)8(16-4)9-13-6-7(5-12)10(15)14-9/h6,8H,1-4H3,(H,13,14,15). The summed E-state index contributed by atoms with van der Waals surface area (Å²) in [6, 6.07) is 1.77. The number of nitrogens with one attached hydrogen (secondary N) is 1. The van der Waals surface area contributed by atoms with Crippen molar-refractivity contribution in [2.45, 2.75) is 26.9 Å². The van der Waals surface area contributed by atoms with Crippen molar-refractivity contribution in [3.8, 4) is 6.07 Å². The molecule has 1 heterocycles. The number of aromatic amines is 1. The Morgan fingerprint density at radius 3 is 2.56 bits per heavy atom. The van der Waals surface area contributed by atoms with Gasteiger partial charge in [-0.15, -0.1) is 0 Å². The number of nitrogens with zero attached hydrogens (tertiary/aromatic N) is 2. The lowest BCUT2D eigenvalue weighted by Gasteiger charge is -2.28. The fraction of sp³-hybridized carbons (Fsp3) is 0.545. The third kappa shape index (κ3) is 2.47. The van der Waals surface area contributed by atoms with Gasteiger partial charge in [0.2, 0.25) is 0 Å². The maximum absolute atomic E-state index is 11.4. The summed E-state index contributed by atoms with van der Waals surface area (Å²) in [5.74, 6) is 0.444. The highest BCUT2D eigenvalue weighted by Gasteiger charge is 2.28. The Labute approximate surface area is 94.1 Å². The first-order chi connectivity index (χ1) is 7.40. The number of hydrogen-bond acceptors (Lipinski definition) is 4. The summed E-state index contributed by atoms with van der Waals surface area (Å²) in [6.45, 7) is 5.96. The number of methoxy groups -OCH3 is 1. The van der Waals surface area contributed by atoms with Crippen LogP contribution in [0.4, 0.5) is 0 Å². The molecule has 0 aliphatic heterocycles. The summed E-state index contributed by atoms with van der Waals surface area (Å²) in [5.41, 5.74) is -0.606. The molecule has 0 aromatic carbocycles. The molecule has 1 rings (SSSR count). The maximum Gasteiger partial charge on any atom is 0.268 e. The van der Waals surface area contributed by atoms with Gasteiger partial charge in [-0.2, -0.15) is 5.26 Å². The second kappa shape index (κ2) is 4.45. The molecule has 1 aromatic heterocycles. The molecule has 5 nitrogen and oxygen atoms in total. The number of rotatable bonds is 2. The minimum atomic E-state index is -0.432. The Kier molecular flexibility index (Phi) is 3.45. The smallest absolute Gasteiger partial charge is 0.268 e. The fourth-order valence-corrected chi connectivity index (χ4v) is 1.50. The normalized spacial score (nSPS) is 13.2. The average molecular weight is 221 g/mol. The van der Waals surface area contributed by atoms with E-state index in [1.807, 2.05) is 20.8 Å². The maximum atomic E-state index is 11.4. The lowest BCUT2D eigenvalue weighted by molar-refractivity contribution is 0.00847. The van der Waals surface area contributed by atoms with Crippen molar-refractivity contribution in [3.05, 3.63) is 27.9 Å². The molecule has 0 aliphatic rings. The SMILES string of the molecule is COC(c1ncc(C#N)c(=O)[nH]1)C(C)(C)C. The molecule has 86 valence electrons. The molecule has 1 aromatic rings. The lowest BCUT2D eigenvalue weighted by Crippen LogP contribution is -2.25. The Balaban J connectivity index is 3.20. The van der Waals surface area contributed by atoms with Crippen LogP contribution < -0.4 is 5.56 Å². The van der Waals surface area contributed by atoms with E-state index < -0.39 is 5.56 Å². The summed E-state index contributed by atoms with van der Waals surface area (Å²) >= 11 is 0. The number of nitriles is 1. The molecule has 0 saturated carbocycles. The Hall–Kier alpha value is -1.67. The first-order valence-electron chi connectivity index (χ1n) is 4.92. The number of hydrogen-bond donors (Lipinski definition) is 1. The average Bonchev–Trinajstić information content (AvgIpc) is 2.17. The van der Waals surface area contributed by atoms with Crippen molar-refractivity contribution < 1.29 is 4.74 Å². The van der Waals surface area contributed by atoms with Crippen molar-refractivity contribution in [2.24, 2.45) is 5.41 Å². The number of ether oxygens (including phenoxy) is 1. The van der Waals surface area contributed by atoms with Crippen LogP contribution in [0.15, 0.2) is 11.0 Å². The molecule has 1 atom stereocenters. The molecule has 0 bridgehead atoms. The summed E-state index contributed by atoms with van der Waals surface area (Å²) < 4.78 is 5.31. The Morgan fingerprint density at radius 2 is 2.19 bits per heavy atom. The van der Waals surface area contributed by atoms with Crippen LogP contribution in [0, 0.1) is 16.7 Å². The summed E-state index contributed by atoms with van der Waals surface area (Å²) in [6.07, 6.45) is 0.958. The van der Waals surface area contributed by atoms with Gasteiger partial charge in [0.25, 0.3) is 5.56 Å². The van der Waals surface area contributed by atoms with Gasteiger partial charge in [-0.3, -0.25) is 4.79 Å². The monoisotopic (exact) mass is 221 g/mol. The first kappa shape index (κ1) is 12.4. The second-order valence-corrected chi connectivity index (χ2v) is 4.60. The van der Waals surface area contributed by atoms with Crippen LogP contribution in [-0.4, -0.2) is 17.1 Å². The topological polar surface area (TPSA) is 78.8 Å². The molecule has 0 saturated heterocycles. The molecule has 1 unspecified atom stereocenters. The van der Waals surface area contributed by atoms with E-state index >= 15 is 0 Å². The zero-order valence-corrected chi connectivity index (χ0v) is 9.87. The molecule has 0 spiro atoms. The minimum Gasteiger partial charge on any atom is -0.373 e. The predicted octanol–water partition coefficient (Wildman–Crippen LogP) is 1.38. The van der Waals surface area contributed by atoms with Gasteiger partial charge in [0.1, 0.15) is 23.6 Å². The van der Waals surface area contributed by atoms with Gasteiger partial charge >= 0.3 is 0 Å². The quantitative estimate of drug-likeness (QED) is 0.818. The van der Waals surface area contributed by atoms with Gasteiger partial charge in [-0.1, -0.05) is 20.8 Å². The van der Waals surface area contributed by atoms with E-state index in [1.165, 1.54) is 6.20 Å². The van der Waals surface area contributed by atoms with Crippen LogP contribution in [-0.2, 0) is 4.74 Å². The van der Waals surface area contributed by atoms with E-state index in [4.69, 9.17) is 10.00 Å². The molecular weight excluding hydrogens is 206 g/mol. The van der Waals surface area contributed by atoms with E-state index in [-0.39, 0.29) is 17.1 Å². The van der Waals surface area contributed by atoms with Crippen LogP contribution in [0.2, 0.25) is 0 Å². The lowest BCUT2D eigenvalue weighted by atomic mass is 9.88. The summed E-state index contributed by atoms with van der Waals surface area (Å²) in [5, 5.41) is 8.62. The molecule has 0 amide bonds. The molecular formula is C11H15N3O2. The molecule has 1 N–H and O–H groups in total.